The number of carbonyl (C=O) groups excluding carboxylic acids is 2. The van der Waals surface area contributed by atoms with Crippen LogP contribution in [0.2, 0.25) is 0 Å². The van der Waals surface area contributed by atoms with Gasteiger partial charge in [0.25, 0.3) is 0 Å². The third-order valence-electron chi connectivity index (χ3n) is 2.33. The molecule has 0 saturated carbocycles. The molecule has 74 valence electrons. The van der Waals surface area contributed by atoms with Crippen molar-refractivity contribution in [1.82, 2.24) is 4.90 Å². The standard InChI is InChI=1S/C9H15NO3/c1-6(2)8(11)7-4-5-10(7)9(12)13-3/h6-7H,4-5H2,1-3H3. The van der Waals surface area contributed by atoms with Gasteiger partial charge in [-0.25, -0.2) is 4.79 Å². The first kappa shape index (κ1) is 10.0. The second kappa shape index (κ2) is 3.77. The minimum absolute atomic E-state index is 0.0162. The van der Waals surface area contributed by atoms with Gasteiger partial charge in [-0.1, -0.05) is 13.8 Å². The number of rotatable bonds is 2. The van der Waals surface area contributed by atoms with E-state index in [0.717, 1.165) is 6.42 Å². The predicted molar refractivity (Wildman–Crippen MR) is 47.4 cm³/mol. The summed E-state index contributed by atoms with van der Waals surface area (Å²) in [4.78, 5) is 24.1. The maximum absolute atomic E-state index is 11.5. The summed E-state index contributed by atoms with van der Waals surface area (Å²) in [5.41, 5.74) is 0. The molecule has 1 fully saturated rings. The lowest BCUT2D eigenvalue weighted by molar-refractivity contribution is -0.130. The lowest BCUT2D eigenvalue weighted by Gasteiger charge is -2.39. The number of hydrogen-bond donors (Lipinski definition) is 0. The van der Waals surface area contributed by atoms with E-state index in [1.54, 1.807) is 0 Å². The summed E-state index contributed by atoms with van der Waals surface area (Å²) in [5, 5.41) is 0. The Morgan fingerprint density at radius 2 is 2.08 bits per heavy atom. The van der Waals surface area contributed by atoms with Gasteiger partial charge in [0.05, 0.1) is 13.2 Å². The van der Waals surface area contributed by atoms with Crippen LogP contribution in [0.3, 0.4) is 0 Å². The van der Waals surface area contributed by atoms with Crippen molar-refractivity contribution in [2.75, 3.05) is 13.7 Å². The second-order valence-electron chi connectivity index (χ2n) is 3.52. The zero-order chi connectivity index (χ0) is 10.0. The number of Topliss-reactive ketones (excluding diaryl/α,β-unsaturated/α-hetero) is 1. The number of amides is 1. The number of ether oxygens (including phenoxy) is 1. The van der Waals surface area contributed by atoms with Crippen molar-refractivity contribution < 1.29 is 14.3 Å². The van der Waals surface area contributed by atoms with Gasteiger partial charge >= 0.3 is 6.09 Å². The van der Waals surface area contributed by atoms with Crippen LogP contribution in [-0.2, 0) is 9.53 Å². The van der Waals surface area contributed by atoms with E-state index in [0.29, 0.717) is 6.54 Å². The van der Waals surface area contributed by atoms with Gasteiger partial charge in [0, 0.05) is 12.5 Å². The Hall–Kier alpha value is -1.06. The Bertz CT molecular complexity index is 225. The highest BCUT2D eigenvalue weighted by Crippen LogP contribution is 2.21. The van der Waals surface area contributed by atoms with Crippen LogP contribution < -0.4 is 0 Å². The molecule has 1 aliphatic heterocycles. The molecule has 0 aliphatic carbocycles. The smallest absolute Gasteiger partial charge is 0.410 e. The molecular weight excluding hydrogens is 170 g/mol. The molecule has 4 heteroatoms. The number of likely N-dealkylation sites (tertiary alicyclic amines) is 1. The van der Waals surface area contributed by atoms with E-state index in [-0.39, 0.29) is 17.7 Å². The van der Waals surface area contributed by atoms with Crippen LogP contribution in [0.15, 0.2) is 0 Å². The Morgan fingerprint density at radius 3 is 2.38 bits per heavy atom. The molecule has 1 aliphatic rings. The van der Waals surface area contributed by atoms with Gasteiger partial charge in [-0.3, -0.25) is 9.69 Å². The van der Waals surface area contributed by atoms with E-state index in [9.17, 15) is 9.59 Å². The molecule has 1 rings (SSSR count). The Kier molecular flexibility index (Phi) is 2.90. The average Bonchev–Trinajstić information content (AvgIpc) is 2.01. The van der Waals surface area contributed by atoms with Gasteiger partial charge < -0.3 is 4.74 Å². The van der Waals surface area contributed by atoms with Crippen molar-refractivity contribution >= 4 is 11.9 Å². The van der Waals surface area contributed by atoms with E-state index in [2.05, 4.69) is 4.74 Å². The number of nitrogens with zero attached hydrogens (tertiary/aromatic N) is 1. The Morgan fingerprint density at radius 1 is 1.46 bits per heavy atom. The summed E-state index contributed by atoms with van der Waals surface area (Å²) in [5.74, 6) is 0.106. The van der Waals surface area contributed by atoms with E-state index in [1.807, 2.05) is 13.8 Å². The number of carbonyl (C=O) groups is 2. The molecule has 0 bridgehead atoms. The molecule has 0 spiro atoms. The highest BCUT2D eigenvalue weighted by molar-refractivity contribution is 5.90. The topological polar surface area (TPSA) is 46.6 Å². The summed E-state index contributed by atoms with van der Waals surface area (Å²) in [6.45, 7) is 4.32. The van der Waals surface area contributed by atoms with Crippen molar-refractivity contribution in [2.24, 2.45) is 5.92 Å². The van der Waals surface area contributed by atoms with Crippen molar-refractivity contribution in [1.29, 1.82) is 0 Å². The summed E-state index contributed by atoms with van der Waals surface area (Å²) in [7, 11) is 1.33. The molecule has 4 nitrogen and oxygen atoms in total. The van der Waals surface area contributed by atoms with Crippen LogP contribution in [0, 0.1) is 5.92 Å². The van der Waals surface area contributed by atoms with Gasteiger partial charge in [0.15, 0.2) is 5.78 Å². The van der Waals surface area contributed by atoms with E-state index >= 15 is 0 Å². The normalized spacial score (nSPS) is 21.2. The molecule has 1 heterocycles. The van der Waals surface area contributed by atoms with Crippen LogP contribution in [0.4, 0.5) is 4.79 Å². The first-order chi connectivity index (χ1) is 6.07. The minimum atomic E-state index is -0.398. The van der Waals surface area contributed by atoms with Gasteiger partial charge in [0.1, 0.15) is 0 Å². The monoisotopic (exact) mass is 185 g/mol. The third-order valence-corrected chi connectivity index (χ3v) is 2.33. The van der Waals surface area contributed by atoms with Crippen LogP contribution in [0.5, 0.6) is 0 Å². The molecule has 13 heavy (non-hydrogen) atoms. The fourth-order valence-corrected chi connectivity index (χ4v) is 1.40. The fourth-order valence-electron chi connectivity index (χ4n) is 1.40. The van der Waals surface area contributed by atoms with Crippen LogP contribution in [0.25, 0.3) is 0 Å². The minimum Gasteiger partial charge on any atom is -0.453 e. The molecule has 0 aromatic carbocycles. The van der Waals surface area contributed by atoms with Gasteiger partial charge in [-0.2, -0.15) is 0 Å². The van der Waals surface area contributed by atoms with Gasteiger partial charge in [-0.05, 0) is 6.42 Å². The zero-order valence-corrected chi connectivity index (χ0v) is 8.24. The fraction of sp³-hybridized carbons (Fsp3) is 0.778. The first-order valence-corrected chi connectivity index (χ1v) is 4.46. The van der Waals surface area contributed by atoms with Crippen molar-refractivity contribution in [2.45, 2.75) is 26.3 Å². The van der Waals surface area contributed by atoms with Crippen LogP contribution in [-0.4, -0.2) is 36.5 Å². The lowest BCUT2D eigenvalue weighted by Crippen LogP contribution is -2.56. The van der Waals surface area contributed by atoms with E-state index in [1.165, 1.54) is 12.0 Å². The first-order valence-electron chi connectivity index (χ1n) is 4.46. The van der Waals surface area contributed by atoms with Gasteiger partial charge in [0.2, 0.25) is 0 Å². The highest BCUT2D eigenvalue weighted by atomic mass is 16.5. The average molecular weight is 185 g/mol. The maximum Gasteiger partial charge on any atom is 0.410 e. The third kappa shape index (κ3) is 1.82. The quantitative estimate of drug-likeness (QED) is 0.646. The zero-order valence-electron chi connectivity index (χ0n) is 8.24. The summed E-state index contributed by atoms with van der Waals surface area (Å²) in [6, 6.07) is -0.243. The Balaban J connectivity index is 2.54. The number of hydrogen-bond acceptors (Lipinski definition) is 3. The maximum atomic E-state index is 11.5. The predicted octanol–water partition coefficient (Wildman–Crippen LogP) is 1.05. The highest BCUT2D eigenvalue weighted by Gasteiger charge is 2.38. The molecular formula is C9H15NO3. The van der Waals surface area contributed by atoms with Crippen molar-refractivity contribution in [3.63, 3.8) is 0 Å². The summed E-state index contributed by atoms with van der Waals surface area (Å²) in [6.07, 6.45) is 0.372. The SMILES string of the molecule is COC(=O)N1CCC1C(=O)C(C)C. The number of ketones is 1. The van der Waals surface area contributed by atoms with Gasteiger partial charge in [-0.15, -0.1) is 0 Å². The second-order valence-corrected chi connectivity index (χ2v) is 3.52. The molecule has 1 saturated heterocycles. The van der Waals surface area contributed by atoms with Crippen molar-refractivity contribution in [3.8, 4) is 0 Å². The summed E-state index contributed by atoms with van der Waals surface area (Å²) < 4.78 is 4.55. The van der Waals surface area contributed by atoms with E-state index in [4.69, 9.17) is 0 Å². The number of methoxy groups -OCH3 is 1. The molecule has 1 atom stereocenters. The molecule has 0 aromatic rings. The molecule has 0 N–H and O–H groups in total. The Labute approximate surface area is 77.8 Å². The molecule has 0 radical (unpaired) electrons. The van der Waals surface area contributed by atoms with Crippen LogP contribution >= 0.6 is 0 Å². The van der Waals surface area contributed by atoms with Crippen LogP contribution in [0.1, 0.15) is 20.3 Å². The largest absolute Gasteiger partial charge is 0.453 e. The summed E-state index contributed by atoms with van der Waals surface area (Å²) >= 11 is 0. The van der Waals surface area contributed by atoms with Crippen molar-refractivity contribution in [3.05, 3.63) is 0 Å². The lowest BCUT2D eigenvalue weighted by atomic mass is 9.92. The van der Waals surface area contributed by atoms with E-state index < -0.39 is 6.09 Å². The molecule has 0 aromatic heterocycles. The molecule has 1 amide bonds. The molecule has 1 unspecified atom stereocenters.